The zero-order valence-corrected chi connectivity index (χ0v) is 15.1. The maximum absolute atomic E-state index is 12.9. The van der Waals surface area contributed by atoms with Crippen LogP contribution < -0.4 is 10.1 Å². The highest BCUT2D eigenvalue weighted by Gasteiger charge is 2.35. The fourth-order valence-electron chi connectivity index (χ4n) is 2.81. The molecule has 1 fully saturated rings. The minimum atomic E-state index is -1.07. The lowest BCUT2D eigenvalue weighted by molar-refractivity contribution is -0.142. The van der Waals surface area contributed by atoms with Gasteiger partial charge in [-0.1, -0.05) is 11.6 Å². The molecule has 2 amide bonds. The first-order valence-corrected chi connectivity index (χ1v) is 8.53. The van der Waals surface area contributed by atoms with E-state index in [-0.39, 0.29) is 25.0 Å². The fraction of sp³-hybridized carbons (Fsp3) is 0.471. The van der Waals surface area contributed by atoms with E-state index in [1.165, 1.54) is 18.1 Å². The number of rotatable bonds is 8. The summed E-state index contributed by atoms with van der Waals surface area (Å²) < 4.78 is 10.1. The number of hydrogen-bond donors (Lipinski definition) is 2. The van der Waals surface area contributed by atoms with Gasteiger partial charge >= 0.3 is 5.97 Å². The van der Waals surface area contributed by atoms with Gasteiger partial charge in [-0.25, -0.2) is 4.79 Å². The van der Waals surface area contributed by atoms with Crippen molar-refractivity contribution in [1.82, 2.24) is 10.2 Å². The van der Waals surface area contributed by atoms with Crippen LogP contribution >= 0.6 is 11.6 Å². The molecule has 1 aliphatic rings. The van der Waals surface area contributed by atoms with Crippen LogP contribution in [0.2, 0.25) is 5.02 Å². The van der Waals surface area contributed by atoms with Gasteiger partial charge in [0.25, 0.3) is 5.91 Å². The Kier molecular flexibility index (Phi) is 7.23. The van der Waals surface area contributed by atoms with Crippen LogP contribution in [0, 0.1) is 0 Å². The van der Waals surface area contributed by atoms with Gasteiger partial charge in [-0.15, -0.1) is 0 Å². The number of amides is 2. The Balaban J connectivity index is 1.98. The average Bonchev–Trinajstić information content (AvgIpc) is 3.10. The van der Waals surface area contributed by atoms with Crippen LogP contribution in [0.3, 0.4) is 0 Å². The molecule has 0 spiro atoms. The van der Waals surface area contributed by atoms with E-state index in [9.17, 15) is 14.4 Å². The van der Waals surface area contributed by atoms with Crippen molar-refractivity contribution in [3.05, 3.63) is 28.8 Å². The summed E-state index contributed by atoms with van der Waals surface area (Å²) in [6, 6.07) is 4.17. The first kappa shape index (κ1) is 20.0. The lowest BCUT2D eigenvalue weighted by atomic mass is 10.1. The van der Waals surface area contributed by atoms with Gasteiger partial charge in [-0.2, -0.15) is 0 Å². The summed E-state index contributed by atoms with van der Waals surface area (Å²) >= 11 is 5.98. The molecule has 0 radical (unpaired) electrons. The van der Waals surface area contributed by atoms with Crippen molar-refractivity contribution >= 4 is 29.4 Å². The predicted molar refractivity (Wildman–Crippen MR) is 93.5 cm³/mol. The standard InChI is InChI=1S/C17H21ClN2O6/c1-25-14-5-4-11(18)9-12(14)17(24)20-7-2-3-13(20)16(23)19-6-8-26-10-15(21)22/h4-5,9,13H,2-3,6-8,10H2,1H3,(H,19,23)(H,21,22). The van der Waals surface area contributed by atoms with Gasteiger partial charge in [0.15, 0.2) is 0 Å². The summed E-state index contributed by atoms with van der Waals surface area (Å²) in [5.41, 5.74) is 0.310. The molecule has 1 aromatic rings. The molecular weight excluding hydrogens is 364 g/mol. The second kappa shape index (κ2) is 9.40. The summed E-state index contributed by atoms with van der Waals surface area (Å²) in [6.45, 7) is 0.298. The van der Waals surface area contributed by atoms with Gasteiger partial charge < -0.3 is 24.8 Å². The van der Waals surface area contributed by atoms with Gasteiger partial charge in [0.1, 0.15) is 18.4 Å². The van der Waals surface area contributed by atoms with Gasteiger partial charge in [-0.3, -0.25) is 9.59 Å². The average molecular weight is 385 g/mol. The van der Waals surface area contributed by atoms with Crippen molar-refractivity contribution < 1.29 is 29.0 Å². The first-order valence-electron chi connectivity index (χ1n) is 8.15. The van der Waals surface area contributed by atoms with Crippen molar-refractivity contribution in [3.8, 4) is 5.75 Å². The zero-order valence-electron chi connectivity index (χ0n) is 14.4. The third-order valence-electron chi connectivity index (χ3n) is 3.98. The van der Waals surface area contributed by atoms with Gasteiger partial charge in [-0.05, 0) is 31.0 Å². The summed E-state index contributed by atoms with van der Waals surface area (Å²) in [6.07, 6.45) is 1.26. The minimum absolute atomic E-state index is 0.0841. The van der Waals surface area contributed by atoms with Crippen molar-refractivity contribution in [2.45, 2.75) is 18.9 Å². The normalized spacial score (nSPS) is 16.4. The molecule has 1 unspecified atom stereocenters. The van der Waals surface area contributed by atoms with E-state index in [4.69, 9.17) is 26.2 Å². The lowest BCUT2D eigenvalue weighted by Crippen LogP contribution is -2.46. The number of benzene rings is 1. The van der Waals surface area contributed by atoms with Crippen LogP contribution in [0.15, 0.2) is 18.2 Å². The Bertz CT molecular complexity index is 681. The number of carbonyl (C=O) groups is 3. The first-order chi connectivity index (χ1) is 12.4. The van der Waals surface area contributed by atoms with Crippen molar-refractivity contribution in [1.29, 1.82) is 0 Å². The largest absolute Gasteiger partial charge is 0.496 e. The zero-order chi connectivity index (χ0) is 19.1. The van der Waals surface area contributed by atoms with E-state index >= 15 is 0 Å². The molecule has 2 N–H and O–H groups in total. The molecule has 0 bridgehead atoms. The van der Waals surface area contributed by atoms with Crippen LogP contribution in [-0.4, -0.2) is 67.2 Å². The maximum Gasteiger partial charge on any atom is 0.329 e. The monoisotopic (exact) mass is 384 g/mol. The fourth-order valence-corrected chi connectivity index (χ4v) is 2.98. The highest BCUT2D eigenvalue weighted by atomic mass is 35.5. The van der Waals surface area contributed by atoms with E-state index in [0.29, 0.717) is 35.7 Å². The quantitative estimate of drug-likeness (QED) is 0.652. The highest BCUT2D eigenvalue weighted by molar-refractivity contribution is 6.31. The number of carboxylic acids is 1. The number of carboxylic acid groups (broad SMARTS) is 1. The Morgan fingerprint density at radius 1 is 1.38 bits per heavy atom. The third kappa shape index (κ3) is 5.09. The Morgan fingerprint density at radius 2 is 2.15 bits per heavy atom. The van der Waals surface area contributed by atoms with E-state index in [0.717, 1.165) is 0 Å². The smallest absolute Gasteiger partial charge is 0.329 e. The van der Waals surface area contributed by atoms with Crippen molar-refractivity contribution in [2.75, 3.05) is 33.4 Å². The molecular formula is C17H21ClN2O6. The molecule has 1 saturated heterocycles. The van der Waals surface area contributed by atoms with Gasteiger partial charge in [0, 0.05) is 18.1 Å². The molecule has 9 heteroatoms. The van der Waals surface area contributed by atoms with Crippen LogP contribution in [0.1, 0.15) is 23.2 Å². The number of halogens is 1. The number of methoxy groups -OCH3 is 1. The molecule has 1 atom stereocenters. The number of ether oxygens (including phenoxy) is 2. The number of nitrogens with one attached hydrogen (secondary N) is 1. The van der Waals surface area contributed by atoms with Crippen LogP contribution in [0.4, 0.5) is 0 Å². The Labute approximate surface area is 156 Å². The third-order valence-corrected chi connectivity index (χ3v) is 4.21. The van der Waals surface area contributed by atoms with Crippen LogP contribution in [0.25, 0.3) is 0 Å². The Morgan fingerprint density at radius 3 is 2.85 bits per heavy atom. The van der Waals surface area contributed by atoms with Crippen LogP contribution in [0.5, 0.6) is 5.75 Å². The second-order valence-corrected chi connectivity index (χ2v) is 6.17. The predicted octanol–water partition coefficient (Wildman–Crippen LogP) is 1.17. The number of likely N-dealkylation sites (tertiary alicyclic amines) is 1. The molecule has 0 saturated carbocycles. The van der Waals surface area contributed by atoms with E-state index in [1.807, 2.05) is 0 Å². The summed E-state index contributed by atoms with van der Waals surface area (Å²) in [5, 5.41) is 11.6. The topological polar surface area (TPSA) is 105 Å². The molecule has 2 rings (SSSR count). The van der Waals surface area contributed by atoms with Crippen molar-refractivity contribution in [3.63, 3.8) is 0 Å². The minimum Gasteiger partial charge on any atom is -0.496 e. The second-order valence-electron chi connectivity index (χ2n) is 5.74. The van der Waals surface area contributed by atoms with Gasteiger partial charge in [0.05, 0.1) is 19.3 Å². The molecule has 142 valence electrons. The van der Waals surface area contributed by atoms with Crippen LogP contribution in [-0.2, 0) is 14.3 Å². The molecule has 1 aromatic carbocycles. The molecule has 0 aliphatic carbocycles. The van der Waals surface area contributed by atoms with Crippen molar-refractivity contribution in [2.24, 2.45) is 0 Å². The van der Waals surface area contributed by atoms with E-state index in [1.54, 1.807) is 12.1 Å². The number of aliphatic carboxylic acids is 1. The summed E-state index contributed by atoms with van der Waals surface area (Å²) in [4.78, 5) is 37.1. The molecule has 1 aliphatic heterocycles. The number of hydrogen-bond acceptors (Lipinski definition) is 5. The summed E-state index contributed by atoms with van der Waals surface area (Å²) in [7, 11) is 1.46. The Hall–Kier alpha value is -2.32. The van der Waals surface area contributed by atoms with Gasteiger partial charge in [0.2, 0.25) is 5.91 Å². The summed E-state index contributed by atoms with van der Waals surface area (Å²) in [5.74, 6) is -1.29. The molecule has 0 aromatic heterocycles. The van der Waals surface area contributed by atoms with E-state index in [2.05, 4.69) is 5.32 Å². The SMILES string of the molecule is COc1ccc(Cl)cc1C(=O)N1CCCC1C(=O)NCCOCC(=O)O. The molecule has 8 nitrogen and oxygen atoms in total. The number of nitrogens with zero attached hydrogens (tertiary/aromatic N) is 1. The number of carbonyl (C=O) groups excluding carboxylic acids is 2. The highest BCUT2D eigenvalue weighted by Crippen LogP contribution is 2.27. The maximum atomic E-state index is 12.9. The molecule has 26 heavy (non-hydrogen) atoms. The van der Waals surface area contributed by atoms with E-state index < -0.39 is 18.6 Å². The lowest BCUT2D eigenvalue weighted by Gasteiger charge is -2.24. The molecule has 1 heterocycles.